The van der Waals surface area contributed by atoms with Crippen LogP contribution in [-0.4, -0.2) is 5.78 Å². The molecule has 3 rings (SSSR count). The van der Waals surface area contributed by atoms with Crippen LogP contribution in [-0.2, 0) is 5.41 Å². The Bertz CT molecular complexity index is 655. The zero-order valence-corrected chi connectivity index (χ0v) is 16.3. The van der Waals surface area contributed by atoms with Crippen LogP contribution in [0.1, 0.15) is 64.4 Å². The zero-order chi connectivity index (χ0) is 19.3. The Labute approximate surface area is 148 Å². The van der Waals surface area contributed by atoms with E-state index < -0.39 is 0 Å². The molecule has 0 heterocycles. The number of ketones is 1. The summed E-state index contributed by atoms with van der Waals surface area (Å²) in [6, 6.07) is 12.1. The van der Waals surface area contributed by atoms with Gasteiger partial charge in [0.2, 0.25) is 0 Å². The predicted octanol–water partition coefficient (Wildman–Crippen LogP) is 6.81. The smallest absolute Gasteiger partial charge is 0.173 e. The molecule has 0 atom stereocenters. The SMILES string of the molecule is C#C.C=CC.CC.CC.CC1(C)C(=O)c2cccc3cccc1c23. The van der Waals surface area contributed by atoms with Crippen molar-refractivity contribution in [1.29, 1.82) is 0 Å². The molecule has 0 N–H and O–H groups in total. The van der Waals surface area contributed by atoms with E-state index in [0.29, 0.717) is 0 Å². The van der Waals surface area contributed by atoms with Gasteiger partial charge >= 0.3 is 0 Å². The second kappa shape index (κ2) is 12.1. The summed E-state index contributed by atoms with van der Waals surface area (Å²) in [5.74, 6) is 0.245. The largest absolute Gasteiger partial charge is 0.293 e. The van der Waals surface area contributed by atoms with E-state index in [1.54, 1.807) is 6.08 Å². The number of rotatable bonds is 0. The average Bonchev–Trinajstić information content (AvgIpc) is 2.84. The van der Waals surface area contributed by atoms with Gasteiger partial charge in [0.25, 0.3) is 0 Å². The number of benzene rings is 2. The van der Waals surface area contributed by atoms with Gasteiger partial charge < -0.3 is 0 Å². The molecule has 0 bridgehead atoms. The third-order valence-electron chi connectivity index (χ3n) is 3.39. The molecule has 0 radical (unpaired) electrons. The fourth-order valence-corrected chi connectivity index (χ4v) is 2.51. The highest BCUT2D eigenvalue weighted by atomic mass is 16.1. The molecule has 24 heavy (non-hydrogen) atoms. The minimum Gasteiger partial charge on any atom is -0.293 e. The lowest BCUT2D eigenvalue weighted by atomic mass is 9.84. The Morgan fingerprint density at radius 3 is 1.83 bits per heavy atom. The van der Waals surface area contributed by atoms with Crippen molar-refractivity contribution in [3.63, 3.8) is 0 Å². The van der Waals surface area contributed by atoms with E-state index in [1.807, 2.05) is 66.7 Å². The first-order valence-electron chi connectivity index (χ1n) is 8.51. The maximum atomic E-state index is 12.2. The molecule has 0 fully saturated rings. The number of hydrogen-bond donors (Lipinski definition) is 0. The predicted molar refractivity (Wildman–Crippen MR) is 110 cm³/mol. The summed E-state index contributed by atoms with van der Waals surface area (Å²) < 4.78 is 0. The van der Waals surface area contributed by atoms with Crippen LogP contribution in [0.25, 0.3) is 10.8 Å². The lowest BCUT2D eigenvalue weighted by Gasteiger charge is -2.16. The number of carbonyl (C=O) groups excluding carboxylic acids is 1. The minimum absolute atomic E-state index is 0.245. The molecule has 1 aliphatic carbocycles. The molecule has 1 aliphatic rings. The third-order valence-corrected chi connectivity index (χ3v) is 3.39. The van der Waals surface area contributed by atoms with Crippen molar-refractivity contribution < 1.29 is 4.79 Å². The molecule has 2 aromatic carbocycles. The Morgan fingerprint density at radius 1 is 0.958 bits per heavy atom. The lowest BCUT2D eigenvalue weighted by Crippen LogP contribution is -2.23. The molecule has 130 valence electrons. The highest BCUT2D eigenvalue weighted by Crippen LogP contribution is 2.41. The first-order chi connectivity index (χ1) is 11.5. The van der Waals surface area contributed by atoms with Gasteiger partial charge in [-0.25, -0.2) is 0 Å². The second-order valence-corrected chi connectivity index (χ2v) is 5.07. The van der Waals surface area contributed by atoms with E-state index >= 15 is 0 Å². The van der Waals surface area contributed by atoms with Crippen LogP contribution < -0.4 is 0 Å². The summed E-state index contributed by atoms with van der Waals surface area (Å²) in [7, 11) is 0. The van der Waals surface area contributed by atoms with Crippen LogP contribution >= 0.6 is 0 Å². The van der Waals surface area contributed by atoms with Crippen molar-refractivity contribution in [3.8, 4) is 12.8 Å². The minimum atomic E-state index is -0.358. The van der Waals surface area contributed by atoms with Gasteiger partial charge in [-0.1, -0.05) is 70.2 Å². The quantitative estimate of drug-likeness (QED) is 0.384. The summed E-state index contributed by atoms with van der Waals surface area (Å²) in [5.41, 5.74) is 1.69. The fraction of sp³-hybridized carbons (Fsp3) is 0.348. The maximum Gasteiger partial charge on any atom is 0.173 e. The second-order valence-electron chi connectivity index (χ2n) is 5.07. The molecule has 0 saturated carbocycles. The van der Waals surface area contributed by atoms with Crippen molar-refractivity contribution in [3.05, 3.63) is 60.2 Å². The van der Waals surface area contributed by atoms with E-state index in [4.69, 9.17) is 0 Å². The summed E-state index contributed by atoms with van der Waals surface area (Å²) in [6.07, 6.45) is 9.75. The molecule has 1 nitrogen and oxygen atoms in total. The van der Waals surface area contributed by atoms with Crippen LogP contribution in [0.4, 0.5) is 0 Å². The summed E-state index contributed by atoms with van der Waals surface area (Å²) in [4.78, 5) is 12.2. The van der Waals surface area contributed by atoms with E-state index in [1.165, 1.54) is 10.9 Å². The monoisotopic (exact) mass is 324 g/mol. The van der Waals surface area contributed by atoms with Gasteiger partial charge in [-0.05, 0) is 37.1 Å². The number of Topliss-reactive ketones (excluding diaryl/α,β-unsaturated/α-hetero) is 1. The fourth-order valence-electron chi connectivity index (χ4n) is 2.51. The first-order valence-corrected chi connectivity index (χ1v) is 8.51. The van der Waals surface area contributed by atoms with Gasteiger partial charge in [0.05, 0.1) is 5.41 Å². The lowest BCUT2D eigenvalue weighted by molar-refractivity contribution is 0.0920. The van der Waals surface area contributed by atoms with Crippen molar-refractivity contribution in [2.45, 2.75) is 53.9 Å². The molecular formula is C23H32O. The third kappa shape index (κ3) is 4.83. The van der Waals surface area contributed by atoms with E-state index in [0.717, 1.165) is 10.9 Å². The van der Waals surface area contributed by atoms with E-state index in [-0.39, 0.29) is 11.2 Å². The molecule has 0 spiro atoms. The number of carbonyl (C=O) groups is 1. The maximum absolute atomic E-state index is 12.2. The van der Waals surface area contributed by atoms with Crippen LogP contribution in [0.3, 0.4) is 0 Å². The molecular weight excluding hydrogens is 292 g/mol. The van der Waals surface area contributed by atoms with Gasteiger partial charge in [0.1, 0.15) is 0 Å². The normalized spacial score (nSPS) is 12.0. The number of terminal acetylenes is 1. The summed E-state index contributed by atoms with van der Waals surface area (Å²) in [6.45, 7) is 17.3. The van der Waals surface area contributed by atoms with Crippen molar-refractivity contribution >= 4 is 16.6 Å². The van der Waals surface area contributed by atoms with Gasteiger partial charge in [0, 0.05) is 5.56 Å². The molecule has 0 saturated heterocycles. The summed E-state index contributed by atoms with van der Waals surface area (Å²) >= 11 is 0. The van der Waals surface area contributed by atoms with Crippen molar-refractivity contribution in [2.24, 2.45) is 0 Å². The zero-order valence-electron chi connectivity index (χ0n) is 16.3. The first kappa shape index (κ1) is 23.9. The van der Waals surface area contributed by atoms with Gasteiger partial charge in [0.15, 0.2) is 5.78 Å². The Balaban J connectivity index is 0. The molecule has 0 amide bonds. The highest BCUT2D eigenvalue weighted by molar-refractivity contribution is 6.19. The van der Waals surface area contributed by atoms with Crippen molar-refractivity contribution in [2.75, 3.05) is 0 Å². The molecule has 1 heteroatoms. The van der Waals surface area contributed by atoms with Crippen molar-refractivity contribution in [1.82, 2.24) is 0 Å². The van der Waals surface area contributed by atoms with Gasteiger partial charge in [-0.3, -0.25) is 4.79 Å². The van der Waals surface area contributed by atoms with E-state index in [9.17, 15) is 4.79 Å². The average molecular weight is 325 g/mol. The number of allylic oxidation sites excluding steroid dienone is 1. The van der Waals surface area contributed by atoms with E-state index in [2.05, 4.69) is 37.6 Å². The highest BCUT2D eigenvalue weighted by Gasteiger charge is 2.39. The standard InChI is InChI=1S/C14H12O.C3H6.2C2H6.C2H2/c1-14(2)11-8-4-6-9-5-3-7-10(12(9)11)13(14)15;1-3-2;3*1-2/h3-8H,1-2H3;3H,1H2,2H3;2*1-2H3;1-2H. The van der Waals surface area contributed by atoms with Crippen LogP contribution in [0.2, 0.25) is 0 Å². The van der Waals surface area contributed by atoms with Gasteiger partial charge in [-0.2, -0.15) is 0 Å². The Hall–Kier alpha value is -2.33. The number of hydrogen-bond acceptors (Lipinski definition) is 1. The Kier molecular flexibility index (Phi) is 12.1. The summed E-state index contributed by atoms with van der Waals surface area (Å²) in [5, 5.41) is 2.32. The molecule has 0 aromatic heterocycles. The Morgan fingerprint density at radius 2 is 1.38 bits per heavy atom. The van der Waals surface area contributed by atoms with Crippen LogP contribution in [0.15, 0.2) is 49.1 Å². The van der Waals surface area contributed by atoms with Crippen LogP contribution in [0, 0.1) is 12.8 Å². The molecule has 2 aromatic rings. The van der Waals surface area contributed by atoms with Crippen LogP contribution in [0.5, 0.6) is 0 Å². The topological polar surface area (TPSA) is 17.1 Å². The molecule has 0 unspecified atom stereocenters. The molecule has 0 aliphatic heterocycles. The van der Waals surface area contributed by atoms with Gasteiger partial charge in [-0.15, -0.1) is 19.4 Å².